The van der Waals surface area contributed by atoms with E-state index < -0.39 is 0 Å². The lowest BCUT2D eigenvalue weighted by molar-refractivity contribution is 0.774. The Kier molecular flexibility index (Phi) is 4.61. The highest BCUT2D eigenvalue weighted by atomic mass is 79.9. The third-order valence-electron chi connectivity index (χ3n) is 3.01. The van der Waals surface area contributed by atoms with Crippen molar-refractivity contribution in [3.05, 3.63) is 39.9 Å². The van der Waals surface area contributed by atoms with Crippen LogP contribution in [0.3, 0.4) is 0 Å². The van der Waals surface area contributed by atoms with Gasteiger partial charge in [0.1, 0.15) is 0 Å². The predicted octanol–water partition coefficient (Wildman–Crippen LogP) is 2.68. The summed E-state index contributed by atoms with van der Waals surface area (Å²) in [6.07, 6.45) is 4.49. The summed E-state index contributed by atoms with van der Waals surface area (Å²) in [5, 5.41) is 3.15. The highest BCUT2D eigenvalue weighted by Gasteiger charge is 2.10. The van der Waals surface area contributed by atoms with Crippen LogP contribution in [0.25, 0.3) is 11.4 Å². The second-order valence-electron chi connectivity index (χ2n) is 4.44. The van der Waals surface area contributed by atoms with Crippen LogP contribution in [-0.4, -0.2) is 28.5 Å². The Morgan fingerprint density at radius 1 is 1.16 bits per heavy atom. The van der Waals surface area contributed by atoms with Crippen molar-refractivity contribution in [2.24, 2.45) is 0 Å². The highest BCUT2D eigenvalue weighted by Crippen LogP contribution is 2.21. The zero-order chi connectivity index (χ0) is 13.8. The molecule has 0 unspecified atom stereocenters. The number of hydrogen-bond acceptors (Lipinski definition) is 4. The fourth-order valence-electron chi connectivity index (χ4n) is 2.01. The maximum Gasteiger partial charge on any atom is 0.161 e. The Morgan fingerprint density at radius 3 is 2.42 bits per heavy atom. The first-order valence-corrected chi connectivity index (χ1v) is 7.00. The van der Waals surface area contributed by atoms with E-state index in [0.29, 0.717) is 0 Å². The van der Waals surface area contributed by atoms with Gasteiger partial charge in [0.2, 0.25) is 0 Å². The molecule has 0 radical (unpaired) electrons. The number of nitrogens with zero attached hydrogens (tertiary/aromatic N) is 3. The summed E-state index contributed by atoms with van der Waals surface area (Å²) >= 11 is 3.42. The number of halogens is 1. The third kappa shape index (κ3) is 3.36. The number of nitrogens with one attached hydrogen (secondary N) is 1. The third-order valence-corrected chi connectivity index (χ3v) is 3.44. The SMILES string of the molecule is CNCCc1c(C)nc(-c2cncc(Br)c2)nc1C. The van der Waals surface area contributed by atoms with E-state index in [1.54, 1.807) is 12.4 Å². The van der Waals surface area contributed by atoms with E-state index in [0.717, 1.165) is 40.2 Å². The molecule has 2 aromatic heterocycles. The van der Waals surface area contributed by atoms with E-state index in [1.807, 2.05) is 27.0 Å². The highest BCUT2D eigenvalue weighted by molar-refractivity contribution is 9.10. The fraction of sp³-hybridized carbons (Fsp3) is 0.357. The minimum atomic E-state index is 0.733. The van der Waals surface area contributed by atoms with Gasteiger partial charge in [0, 0.05) is 33.8 Å². The van der Waals surface area contributed by atoms with Crippen LogP contribution in [0.4, 0.5) is 0 Å². The molecule has 0 fully saturated rings. The summed E-state index contributed by atoms with van der Waals surface area (Å²) in [6, 6.07) is 1.98. The van der Waals surface area contributed by atoms with Crippen molar-refractivity contribution in [3.8, 4) is 11.4 Å². The van der Waals surface area contributed by atoms with Crippen molar-refractivity contribution in [2.75, 3.05) is 13.6 Å². The second kappa shape index (κ2) is 6.21. The normalized spacial score (nSPS) is 10.7. The van der Waals surface area contributed by atoms with Crippen LogP contribution in [0.5, 0.6) is 0 Å². The number of hydrogen-bond donors (Lipinski definition) is 1. The van der Waals surface area contributed by atoms with Crippen molar-refractivity contribution in [3.63, 3.8) is 0 Å². The van der Waals surface area contributed by atoms with Crippen LogP contribution >= 0.6 is 15.9 Å². The molecular formula is C14H17BrN4. The van der Waals surface area contributed by atoms with Gasteiger partial charge in [0.25, 0.3) is 0 Å². The van der Waals surface area contributed by atoms with E-state index >= 15 is 0 Å². The van der Waals surface area contributed by atoms with Gasteiger partial charge < -0.3 is 5.32 Å². The topological polar surface area (TPSA) is 50.7 Å². The molecule has 0 saturated heterocycles. The number of aryl methyl sites for hydroxylation is 2. The molecule has 4 nitrogen and oxygen atoms in total. The Balaban J connectivity index is 2.39. The summed E-state index contributed by atoms with van der Waals surface area (Å²) in [5.41, 5.74) is 4.23. The van der Waals surface area contributed by atoms with E-state index in [-0.39, 0.29) is 0 Å². The Bertz CT molecular complexity index is 560. The molecule has 0 aromatic carbocycles. The summed E-state index contributed by atoms with van der Waals surface area (Å²) in [7, 11) is 1.95. The first-order valence-electron chi connectivity index (χ1n) is 6.21. The molecule has 0 saturated carbocycles. The van der Waals surface area contributed by atoms with Crippen LogP contribution in [0, 0.1) is 13.8 Å². The molecular weight excluding hydrogens is 304 g/mol. The van der Waals surface area contributed by atoms with Gasteiger partial charge in [-0.3, -0.25) is 4.98 Å². The van der Waals surface area contributed by atoms with Gasteiger partial charge in [0.05, 0.1) is 0 Å². The molecule has 2 heterocycles. The molecule has 0 aliphatic rings. The monoisotopic (exact) mass is 320 g/mol. The summed E-state index contributed by atoms with van der Waals surface area (Å²) in [6.45, 7) is 5.01. The van der Waals surface area contributed by atoms with Crippen LogP contribution in [0.1, 0.15) is 17.0 Å². The van der Waals surface area contributed by atoms with Crippen molar-refractivity contribution < 1.29 is 0 Å². The van der Waals surface area contributed by atoms with Crippen LogP contribution < -0.4 is 5.32 Å². The molecule has 0 aliphatic carbocycles. The fourth-order valence-corrected chi connectivity index (χ4v) is 2.38. The van der Waals surface area contributed by atoms with Crippen molar-refractivity contribution in [1.29, 1.82) is 0 Å². The molecule has 19 heavy (non-hydrogen) atoms. The van der Waals surface area contributed by atoms with E-state index in [4.69, 9.17) is 0 Å². The average molecular weight is 321 g/mol. The predicted molar refractivity (Wildman–Crippen MR) is 80.1 cm³/mol. The molecule has 0 atom stereocenters. The zero-order valence-electron chi connectivity index (χ0n) is 11.4. The van der Waals surface area contributed by atoms with Gasteiger partial charge >= 0.3 is 0 Å². The molecule has 1 N–H and O–H groups in total. The summed E-state index contributed by atoms with van der Waals surface area (Å²) < 4.78 is 0.933. The first kappa shape index (κ1) is 14.1. The van der Waals surface area contributed by atoms with Crippen molar-refractivity contribution in [1.82, 2.24) is 20.3 Å². The lowest BCUT2D eigenvalue weighted by atomic mass is 10.1. The maximum atomic E-state index is 4.60. The lowest BCUT2D eigenvalue weighted by Crippen LogP contribution is -2.13. The van der Waals surface area contributed by atoms with Gasteiger partial charge in [-0.25, -0.2) is 9.97 Å². The average Bonchev–Trinajstić information content (AvgIpc) is 2.37. The second-order valence-corrected chi connectivity index (χ2v) is 5.36. The molecule has 2 aromatic rings. The Morgan fingerprint density at radius 2 is 1.84 bits per heavy atom. The molecule has 2 rings (SSSR count). The van der Waals surface area contributed by atoms with Crippen molar-refractivity contribution in [2.45, 2.75) is 20.3 Å². The molecule has 0 aliphatic heterocycles. The zero-order valence-corrected chi connectivity index (χ0v) is 13.0. The van der Waals surface area contributed by atoms with E-state index in [1.165, 1.54) is 5.56 Å². The number of likely N-dealkylation sites (N-methyl/N-ethyl adjacent to an activating group) is 1. The Hall–Kier alpha value is -1.33. The van der Waals surface area contributed by atoms with Gasteiger partial charge in [-0.1, -0.05) is 0 Å². The maximum absolute atomic E-state index is 4.60. The summed E-state index contributed by atoms with van der Waals surface area (Å²) in [4.78, 5) is 13.4. The number of rotatable bonds is 4. The molecule has 5 heteroatoms. The molecule has 0 spiro atoms. The molecule has 0 amide bonds. The van der Waals surface area contributed by atoms with Crippen LogP contribution in [0.2, 0.25) is 0 Å². The minimum absolute atomic E-state index is 0.733. The smallest absolute Gasteiger partial charge is 0.161 e. The van der Waals surface area contributed by atoms with Gasteiger partial charge in [0.15, 0.2) is 5.82 Å². The van der Waals surface area contributed by atoms with E-state index in [9.17, 15) is 0 Å². The van der Waals surface area contributed by atoms with E-state index in [2.05, 4.69) is 36.2 Å². The number of pyridine rings is 1. The lowest BCUT2D eigenvalue weighted by Gasteiger charge is -2.10. The quantitative estimate of drug-likeness (QED) is 0.941. The van der Waals surface area contributed by atoms with Gasteiger partial charge in [-0.05, 0) is 61.4 Å². The van der Waals surface area contributed by atoms with Crippen molar-refractivity contribution >= 4 is 15.9 Å². The van der Waals surface area contributed by atoms with Gasteiger partial charge in [-0.2, -0.15) is 0 Å². The van der Waals surface area contributed by atoms with Gasteiger partial charge in [-0.15, -0.1) is 0 Å². The van der Waals surface area contributed by atoms with Crippen LogP contribution in [0.15, 0.2) is 22.9 Å². The number of aromatic nitrogens is 3. The largest absolute Gasteiger partial charge is 0.319 e. The molecule has 100 valence electrons. The standard InChI is InChI=1S/C14H17BrN4/c1-9-13(4-5-16-3)10(2)19-14(18-9)11-6-12(15)8-17-7-11/h6-8,16H,4-5H2,1-3H3. The Labute approximate surface area is 121 Å². The van der Waals surface area contributed by atoms with Crippen LogP contribution in [-0.2, 0) is 6.42 Å². The first-order chi connectivity index (χ1) is 9.11. The minimum Gasteiger partial charge on any atom is -0.319 e. The molecule has 0 bridgehead atoms. The summed E-state index contributed by atoms with van der Waals surface area (Å²) in [5.74, 6) is 0.733.